The summed E-state index contributed by atoms with van der Waals surface area (Å²) >= 11 is 0. The summed E-state index contributed by atoms with van der Waals surface area (Å²) in [5, 5.41) is 4.47. The second kappa shape index (κ2) is 5.91. The van der Waals surface area contributed by atoms with Gasteiger partial charge < -0.3 is 4.90 Å². The molecule has 0 bridgehead atoms. The topological polar surface area (TPSA) is 67.2 Å². The summed E-state index contributed by atoms with van der Waals surface area (Å²) in [7, 11) is 0. The summed E-state index contributed by atoms with van der Waals surface area (Å²) in [4.78, 5) is 25.2. The molecule has 7 heteroatoms. The molecule has 3 aliphatic rings. The molecule has 25 heavy (non-hydrogen) atoms. The van der Waals surface area contributed by atoms with Crippen molar-refractivity contribution >= 4 is 11.6 Å². The minimum absolute atomic E-state index is 0.213. The predicted molar refractivity (Wildman–Crippen MR) is 92.1 cm³/mol. The van der Waals surface area contributed by atoms with E-state index in [0.717, 1.165) is 49.8 Å². The zero-order valence-corrected chi connectivity index (χ0v) is 14.2. The molecule has 2 aromatic rings. The van der Waals surface area contributed by atoms with Gasteiger partial charge >= 0.3 is 0 Å². The van der Waals surface area contributed by atoms with Crippen LogP contribution in [-0.4, -0.2) is 50.2 Å². The van der Waals surface area contributed by atoms with Crippen LogP contribution in [0.15, 0.2) is 24.7 Å². The lowest BCUT2D eigenvalue weighted by atomic mass is 10.1. The van der Waals surface area contributed by atoms with Gasteiger partial charge in [0.15, 0.2) is 0 Å². The average molecular weight is 338 g/mol. The Hall–Kier alpha value is -2.28. The molecule has 4 heterocycles. The first-order chi connectivity index (χ1) is 12.3. The van der Waals surface area contributed by atoms with Crippen LogP contribution in [0, 0.1) is 0 Å². The summed E-state index contributed by atoms with van der Waals surface area (Å²) in [6, 6.07) is 2.40. The van der Waals surface area contributed by atoms with Gasteiger partial charge in [-0.05, 0) is 25.3 Å². The van der Waals surface area contributed by atoms with Crippen LogP contribution in [0.2, 0.25) is 0 Å². The maximum atomic E-state index is 11.8. The molecule has 3 fully saturated rings. The molecule has 0 spiro atoms. The first kappa shape index (κ1) is 15.0. The van der Waals surface area contributed by atoms with Crippen molar-refractivity contribution < 1.29 is 4.79 Å². The quantitative estimate of drug-likeness (QED) is 0.831. The molecule has 130 valence electrons. The Kier molecular flexibility index (Phi) is 3.55. The molecule has 2 aromatic heterocycles. The van der Waals surface area contributed by atoms with Crippen molar-refractivity contribution in [2.24, 2.45) is 0 Å². The predicted octanol–water partition coefficient (Wildman–Crippen LogP) is 1.73. The number of hydrogen-bond donors (Lipinski definition) is 0. The lowest BCUT2D eigenvalue weighted by molar-refractivity contribution is -0.117. The van der Waals surface area contributed by atoms with E-state index in [1.54, 1.807) is 0 Å². The average Bonchev–Trinajstić information content (AvgIpc) is 3.18. The van der Waals surface area contributed by atoms with Gasteiger partial charge in [-0.1, -0.05) is 0 Å². The zero-order chi connectivity index (χ0) is 16.8. The van der Waals surface area contributed by atoms with E-state index in [1.165, 1.54) is 12.8 Å². The highest BCUT2D eigenvalue weighted by atomic mass is 16.2. The van der Waals surface area contributed by atoms with E-state index in [1.807, 2.05) is 34.2 Å². The van der Waals surface area contributed by atoms with E-state index >= 15 is 0 Å². The maximum absolute atomic E-state index is 11.8. The molecule has 1 amide bonds. The molecule has 0 aromatic carbocycles. The normalized spacial score (nSPS) is 21.8. The van der Waals surface area contributed by atoms with Crippen molar-refractivity contribution in [2.45, 2.75) is 44.2 Å². The fourth-order valence-corrected chi connectivity index (χ4v) is 3.70. The molecule has 2 saturated heterocycles. The fraction of sp³-hybridized carbons (Fsp3) is 0.556. The van der Waals surface area contributed by atoms with Gasteiger partial charge in [-0.15, -0.1) is 0 Å². The van der Waals surface area contributed by atoms with Crippen LogP contribution in [0.3, 0.4) is 0 Å². The van der Waals surface area contributed by atoms with E-state index in [9.17, 15) is 4.79 Å². The Balaban J connectivity index is 1.18. The van der Waals surface area contributed by atoms with E-state index in [0.29, 0.717) is 18.4 Å². The van der Waals surface area contributed by atoms with Crippen molar-refractivity contribution in [1.82, 2.24) is 24.6 Å². The highest BCUT2D eigenvalue weighted by molar-refractivity contribution is 5.95. The van der Waals surface area contributed by atoms with Gasteiger partial charge in [-0.2, -0.15) is 5.10 Å². The van der Waals surface area contributed by atoms with Gasteiger partial charge in [0, 0.05) is 50.9 Å². The first-order valence-electron chi connectivity index (χ1n) is 9.15. The summed E-state index contributed by atoms with van der Waals surface area (Å²) in [6.07, 6.45) is 9.79. The number of likely N-dealkylation sites (tertiary alicyclic amines) is 1. The number of carbonyl (C=O) groups excluding carboxylic acids is 1. The van der Waals surface area contributed by atoms with Crippen molar-refractivity contribution in [3.8, 4) is 0 Å². The summed E-state index contributed by atoms with van der Waals surface area (Å²) in [5.74, 6) is 1.83. The lowest BCUT2D eigenvalue weighted by Gasteiger charge is -2.39. The Morgan fingerprint density at radius 1 is 1.24 bits per heavy atom. The largest absolute Gasteiger partial charge is 0.309 e. The van der Waals surface area contributed by atoms with E-state index < -0.39 is 0 Å². The molecule has 7 nitrogen and oxygen atoms in total. The highest BCUT2D eigenvalue weighted by Crippen LogP contribution is 2.37. The van der Waals surface area contributed by atoms with Crippen LogP contribution in [0.1, 0.15) is 49.2 Å². The number of anilines is 1. The Bertz CT molecular complexity index is 792. The molecule has 5 rings (SSSR count). The number of amides is 1. The minimum Gasteiger partial charge on any atom is -0.309 e. The van der Waals surface area contributed by atoms with Gasteiger partial charge in [-0.25, -0.2) is 9.97 Å². The second-order valence-corrected chi connectivity index (χ2v) is 7.36. The van der Waals surface area contributed by atoms with Gasteiger partial charge in [0.2, 0.25) is 5.91 Å². The van der Waals surface area contributed by atoms with Crippen LogP contribution >= 0.6 is 0 Å². The Morgan fingerprint density at radius 3 is 2.88 bits per heavy atom. The van der Waals surface area contributed by atoms with Gasteiger partial charge in [0.1, 0.15) is 5.82 Å². The van der Waals surface area contributed by atoms with Crippen molar-refractivity contribution in [2.75, 3.05) is 24.5 Å². The van der Waals surface area contributed by atoms with Crippen LogP contribution in [-0.2, 0) is 11.3 Å². The Labute approximate surface area is 146 Å². The monoisotopic (exact) mass is 338 g/mol. The summed E-state index contributed by atoms with van der Waals surface area (Å²) in [6.45, 7) is 3.63. The Morgan fingerprint density at radius 2 is 2.12 bits per heavy atom. The molecular formula is C18H22N6O. The molecule has 0 radical (unpaired) electrons. The van der Waals surface area contributed by atoms with Crippen LogP contribution in [0.25, 0.3) is 0 Å². The third kappa shape index (κ3) is 2.93. The second-order valence-electron chi connectivity index (χ2n) is 7.36. The van der Waals surface area contributed by atoms with Crippen LogP contribution < -0.4 is 4.90 Å². The van der Waals surface area contributed by atoms with Crippen LogP contribution in [0.5, 0.6) is 0 Å². The SMILES string of the molecule is O=C1CCCN1c1cnn(C2CN(Cc3ccnc(C4CC4)n3)C2)c1. The first-order valence-corrected chi connectivity index (χ1v) is 9.15. The number of nitrogens with zero attached hydrogens (tertiary/aromatic N) is 6. The van der Waals surface area contributed by atoms with Crippen molar-refractivity contribution in [3.05, 3.63) is 36.2 Å². The number of carbonyl (C=O) groups is 1. The standard InChI is InChI=1S/C18H22N6O/c25-17-2-1-7-23(17)15-8-20-24(12-15)16-10-22(11-16)9-14-5-6-19-18(21-14)13-3-4-13/h5-6,8,12-13,16H,1-4,7,9-11H2. The fourth-order valence-electron chi connectivity index (χ4n) is 3.70. The minimum atomic E-state index is 0.213. The number of rotatable bonds is 5. The molecule has 0 atom stereocenters. The molecule has 2 aliphatic heterocycles. The maximum Gasteiger partial charge on any atom is 0.227 e. The smallest absolute Gasteiger partial charge is 0.227 e. The van der Waals surface area contributed by atoms with E-state index in [-0.39, 0.29) is 5.91 Å². The van der Waals surface area contributed by atoms with Crippen molar-refractivity contribution in [1.29, 1.82) is 0 Å². The van der Waals surface area contributed by atoms with Gasteiger partial charge in [0.05, 0.1) is 23.6 Å². The van der Waals surface area contributed by atoms with E-state index in [4.69, 9.17) is 4.98 Å². The molecule has 1 aliphatic carbocycles. The summed E-state index contributed by atoms with van der Waals surface area (Å²) < 4.78 is 2.01. The third-order valence-corrected chi connectivity index (χ3v) is 5.34. The molecular weight excluding hydrogens is 316 g/mol. The van der Waals surface area contributed by atoms with Crippen molar-refractivity contribution in [3.63, 3.8) is 0 Å². The lowest BCUT2D eigenvalue weighted by Crippen LogP contribution is -2.47. The van der Waals surface area contributed by atoms with Gasteiger partial charge in [-0.3, -0.25) is 14.4 Å². The highest BCUT2D eigenvalue weighted by Gasteiger charge is 2.31. The third-order valence-electron chi connectivity index (χ3n) is 5.34. The number of aromatic nitrogens is 4. The van der Waals surface area contributed by atoms with Crippen LogP contribution in [0.4, 0.5) is 5.69 Å². The molecule has 0 N–H and O–H groups in total. The molecule has 1 saturated carbocycles. The zero-order valence-electron chi connectivity index (χ0n) is 14.2. The van der Waals surface area contributed by atoms with Gasteiger partial charge in [0.25, 0.3) is 0 Å². The number of hydrogen-bond acceptors (Lipinski definition) is 5. The van der Waals surface area contributed by atoms with E-state index in [2.05, 4.69) is 15.0 Å². The molecule has 0 unspecified atom stereocenters. The summed E-state index contributed by atoms with van der Waals surface area (Å²) in [5.41, 5.74) is 2.05.